The lowest BCUT2D eigenvalue weighted by Gasteiger charge is -2.40. The fourth-order valence-corrected chi connectivity index (χ4v) is 6.01. The molecule has 1 atom stereocenters. The summed E-state index contributed by atoms with van der Waals surface area (Å²) in [5.74, 6) is 2.21. The van der Waals surface area contributed by atoms with Crippen LogP contribution in [0.15, 0.2) is 113 Å². The van der Waals surface area contributed by atoms with E-state index in [0.29, 0.717) is 10.9 Å². The second-order valence-corrected chi connectivity index (χ2v) is 11.1. The van der Waals surface area contributed by atoms with Gasteiger partial charge in [0, 0.05) is 16.3 Å². The smallest absolute Gasteiger partial charge is 0.179 e. The van der Waals surface area contributed by atoms with E-state index < -0.39 is 0 Å². The van der Waals surface area contributed by atoms with Crippen LogP contribution in [-0.2, 0) is 6.42 Å². The maximum absolute atomic E-state index is 6.58. The molecule has 0 saturated carbocycles. The molecule has 0 saturated heterocycles. The lowest BCUT2D eigenvalue weighted by molar-refractivity contribution is 0.795. The van der Waals surface area contributed by atoms with Crippen LogP contribution in [0, 0.1) is 6.92 Å². The molecule has 42 heavy (non-hydrogen) atoms. The zero-order valence-electron chi connectivity index (χ0n) is 23.6. The zero-order valence-corrected chi connectivity index (χ0v) is 24.4. The second kappa shape index (κ2) is 11.0. The average molecular weight is 571 g/mol. The molecule has 7 heteroatoms. The molecule has 0 amide bonds. The minimum atomic E-state index is -0.214. The number of halogens is 1. The number of fused-ring (bicyclic) bond motifs is 4. The minimum Gasteiger partial charge on any atom is -0.337 e. The van der Waals surface area contributed by atoms with E-state index in [2.05, 4.69) is 72.6 Å². The van der Waals surface area contributed by atoms with Crippen molar-refractivity contribution in [2.75, 3.05) is 10.2 Å². The van der Waals surface area contributed by atoms with Crippen LogP contribution in [0.25, 0.3) is 5.69 Å². The first-order valence-corrected chi connectivity index (χ1v) is 14.8. The summed E-state index contributed by atoms with van der Waals surface area (Å²) in [4.78, 5) is 12.7. The van der Waals surface area contributed by atoms with Crippen LogP contribution in [0.4, 0.5) is 22.9 Å². The first kappa shape index (κ1) is 26.2. The van der Waals surface area contributed by atoms with Gasteiger partial charge in [-0.3, -0.25) is 0 Å². The molecule has 0 fully saturated rings. The number of unbranched alkanes of at least 4 members (excludes halogenated alkanes) is 1. The highest BCUT2D eigenvalue weighted by Gasteiger charge is 2.41. The number of para-hydroxylation sites is 3. The van der Waals surface area contributed by atoms with Gasteiger partial charge in [0.15, 0.2) is 17.5 Å². The van der Waals surface area contributed by atoms with E-state index in [1.54, 1.807) is 0 Å². The average Bonchev–Trinajstić information content (AvgIpc) is 3.36. The molecule has 7 rings (SSSR count). The molecule has 2 aliphatic heterocycles. The van der Waals surface area contributed by atoms with Gasteiger partial charge in [-0.05, 0) is 79.4 Å². The third kappa shape index (κ3) is 4.68. The van der Waals surface area contributed by atoms with E-state index in [-0.39, 0.29) is 6.04 Å². The van der Waals surface area contributed by atoms with Crippen LogP contribution < -0.4 is 10.2 Å². The van der Waals surface area contributed by atoms with Gasteiger partial charge >= 0.3 is 0 Å². The van der Waals surface area contributed by atoms with Crippen molar-refractivity contribution < 1.29 is 0 Å². The molecule has 0 aliphatic carbocycles. The number of hydrogen-bond donors (Lipinski definition) is 1. The van der Waals surface area contributed by atoms with Crippen molar-refractivity contribution in [3.8, 4) is 5.69 Å². The quantitative estimate of drug-likeness (QED) is 0.222. The predicted molar refractivity (Wildman–Crippen MR) is 173 cm³/mol. The maximum Gasteiger partial charge on any atom is 0.179 e. The summed E-state index contributed by atoms with van der Waals surface area (Å²) in [6.45, 7) is 4.28. The van der Waals surface area contributed by atoms with Gasteiger partial charge in [0.25, 0.3) is 0 Å². The summed E-state index contributed by atoms with van der Waals surface area (Å²) in [7, 11) is 0. The van der Waals surface area contributed by atoms with Gasteiger partial charge in [0.1, 0.15) is 0 Å². The fraction of sp³-hybridized carbons (Fsp3) is 0.171. The Hall–Kier alpha value is -4.68. The van der Waals surface area contributed by atoms with E-state index >= 15 is 0 Å². The summed E-state index contributed by atoms with van der Waals surface area (Å²) >= 11 is 6.58. The van der Waals surface area contributed by atoms with Crippen LogP contribution in [-0.4, -0.2) is 21.5 Å². The van der Waals surface area contributed by atoms with E-state index in [9.17, 15) is 0 Å². The summed E-state index contributed by atoms with van der Waals surface area (Å²) in [5.41, 5.74) is 8.14. The zero-order chi connectivity index (χ0) is 28.6. The van der Waals surface area contributed by atoms with Gasteiger partial charge in [0.2, 0.25) is 0 Å². The Bertz CT molecular complexity index is 1820. The van der Waals surface area contributed by atoms with Crippen molar-refractivity contribution in [2.24, 2.45) is 9.98 Å². The summed E-state index contributed by atoms with van der Waals surface area (Å²) in [5, 5.41) is 9.30. The molecule has 4 aromatic carbocycles. The molecule has 1 unspecified atom stereocenters. The second-order valence-electron chi connectivity index (χ2n) is 10.7. The van der Waals surface area contributed by atoms with Crippen molar-refractivity contribution in [3.63, 3.8) is 0 Å². The highest BCUT2D eigenvalue weighted by molar-refractivity contribution is 6.51. The largest absolute Gasteiger partial charge is 0.337 e. The van der Waals surface area contributed by atoms with Crippen molar-refractivity contribution in [3.05, 3.63) is 131 Å². The van der Waals surface area contributed by atoms with E-state index in [1.807, 2.05) is 59.3 Å². The standard InChI is InChI=1S/C35H31ClN6/c1-3-4-11-24-18-20-27(21-19-24)37-33-35-39-34-31(23(2)40-42(34)28-14-6-5-7-15-28)32(25-12-10-13-26(36)22-25)41(35)30-17-9-8-16-29(30)38-33/h5-10,12-22,32H,3-4,11H2,1-2H3,(H,37,38). The lowest BCUT2D eigenvalue weighted by atomic mass is 9.93. The number of anilines is 2. The molecular formula is C35H31ClN6. The Labute approximate surface area is 251 Å². The first-order valence-electron chi connectivity index (χ1n) is 14.4. The van der Waals surface area contributed by atoms with Crippen LogP contribution >= 0.6 is 11.6 Å². The van der Waals surface area contributed by atoms with Crippen molar-refractivity contribution in [1.82, 2.24) is 9.78 Å². The predicted octanol–water partition coefficient (Wildman–Crippen LogP) is 8.97. The van der Waals surface area contributed by atoms with Crippen LogP contribution in [0.2, 0.25) is 5.02 Å². The summed E-state index contributed by atoms with van der Waals surface area (Å²) in [6.07, 6.45) is 3.45. The number of nitrogens with zero attached hydrogens (tertiary/aromatic N) is 5. The van der Waals surface area contributed by atoms with E-state index in [0.717, 1.165) is 57.6 Å². The number of aliphatic imine (C=N–C) groups is 2. The number of amidine groups is 2. The summed E-state index contributed by atoms with van der Waals surface area (Å²) < 4.78 is 1.94. The van der Waals surface area contributed by atoms with Gasteiger partial charge in [-0.1, -0.05) is 79.5 Å². The minimum absolute atomic E-state index is 0.214. The molecule has 1 N–H and O–H groups in total. The number of hydrogen-bond acceptors (Lipinski definition) is 5. The Kier molecular flexibility index (Phi) is 6.84. The number of rotatable bonds is 6. The highest BCUT2D eigenvalue weighted by atomic mass is 35.5. The van der Waals surface area contributed by atoms with E-state index in [1.165, 1.54) is 18.4 Å². The number of benzene rings is 4. The molecule has 0 radical (unpaired) electrons. The van der Waals surface area contributed by atoms with Crippen LogP contribution in [0.3, 0.4) is 0 Å². The molecule has 6 nitrogen and oxygen atoms in total. The Morgan fingerprint density at radius 1 is 0.857 bits per heavy atom. The van der Waals surface area contributed by atoms with Crippen molar-refractivity contribution >= 4 is 46.2 Å². The molecular weight excluding hydrogens is 540 g/mol. The fourth-order valence-electron chi connectivity index (χ4n) is 5.81. The van der Waals surface area contributed by atoms with Crippen LogP contribution in [0.5, 0.6) is 0 Å². The molecule has 2 aliphatic rings. The summed E-state index contributed by atoms with van der Waals surface area (Å²) in [6, 6.07) is 34.9. The van der Waals surface area contributed by atoms with Gasteiger partial charge in [-0.25, -0.2) is 14.7 Å². The molecule has 3 heterocycles. The topological polar surface area (TPSA) is 57.8 Å². The Balaban J connectivity index is 1.42. The molecule has 0 spiro atoms. The Morgan fingerprint density at radius 2 is 1.64 bits per heavy atom. The number of aromatic nitrogens is 2. The number of aryl methyl sites for hydroxylation is 2. The molecule has 0 bridgehead atoms. The van der Waals surface area contributed by atoms with Gasteiger partial charge < -0.3 is 10.2 Å². The first-order chi connectivity index (χ1) is 20.6. The van der Waals surface area contributed by atoms with Gasteiger partial charge in [-0.15, -0.1) is 0 Å². The van der Waals surface area contributed by atoms with Crippen molar-refractivity contribution in [2.45, 2.75) is 39.2 Å². The number of nitrogens with one attached hydrogen (secondary N) is 1. The normalized spacial score (nSPS) is 15.3. The third-order valence-corrected chi connectivity index (χ3v) is 8.07. The monoisotopic (exact) mass is 570 g/mol. The SMILES string of the molecule is CCCCc1ccc(NC2=Nc3ccccc3N3C2=Nc2c(c(C)nn2-c2ccccc2)C3c2cccc(Cl)c2)cc1. The van der Waals surface area contributed by atoms with Crippen LogP contribution in [0.1, 0.15) is 48.2 Å². The lowest BCUT2D eigenvalue weighted by Crippen LogP contribution is -2.46. The third-order valence-electron chi connectivity index (χ3n) is 7.84. The van der Waals surface area contributed by atoms with Crippen molar-refractivity contribution in [1.29, 1.82) is 0 Å². The van der Waals surface area contributed by atoms with Gasteiger partial charge in [-0.2, -0.15) is 5.10 Å². The maximum atomic E-state index is 6.58. The van der Waals surface area contributed by atoms with Gasteiger partial charge in [0.05, 0.1) is 28.8 Å². The Morgan fingerprint density at radius 3 is 2.43 bits per heavy atom. The molecule has 5 aromatic rings. The van der Waals surface area contributed by atoms with E-state index in [4.69, 9.17) is 26.7 Å². The highest BCUT2D eigenvalue weighted by Crippen LogP contribution is 2.48. The molecule has 1 aromatic heterocycles. The molecule has 208 valence electrons.